The van der Waals surface area contributed by atoms with Crippen LogP contribution in [0.1, 0.15) is 10.5 Å². The zero-order valence-electron chi connectivity index (χ0n) is 9.55. The minimum Gasteiger partial charge on any atom is -0.351 e. The summed E-state index contributed by atoms with van der Waals surface area (Å²) in [6, 6.07) is 13.1. The zero-order chi connectivity index (χ0) is 12.4. The Balaban J connectivity index is 1.88. The summed E-state index contributed by atoms with van der Waals surface area (Å²) in [5.41, 5.74) is 2.24. The van der Waals surface area contributed by atoms with Gasteiger partial charge in [-0.2, -0.15) is 0 Å². The van der Waals surface area contributed by atoms with Crippen molar-refractivity contribution in [3.8, 4) is 0 Å². The Bertz CT molecular complexity index is 655. The second-order valence-corrected chi connectivity index (χ2v) is 3.96. The van der Waals surface area contributed by atoms with E-state index in [-0.39, 0.29) is 5.91 Å². The highest BCUT2D eigenvalue weighted by molar-refractivity contribution is 6.05. The van der Waals surface area contributed by atoms with Gasteiger partial charge in [-0.3, -0.25) is 9.78 Å². The molecule has 18 heavy (non-hydrogen) atoms. The molecule has 0 unspecified atom stereocenters. The summed E-state index contributed by atoms with van der Waals surface area (Å²) in [4.78, 5) is 19.0. The summed E-state index contributed by atoms with van der Waals surface area (Å²) in [6.07, 6.45) is 3.28. The fraction of sp³-hybridized carbons (Fsp3) is 0. The normalized spacial score (nSPS) is 10.4. The van der Waals surface area contributed by atoms with E-state index in [2.05, 4.69) is 15.3 Å². The van der Waals surface area contributed by atoms with Crippen LogP contribution < -0.4 is 5.32 Å². The number of rotatable bonds is 2. The van der Waals surface area contributed by atoms with Crippen LogP contribution in [0.5, 0.6) is 0 Å². The van der Waals surface area contributed by atoms with Crippen molar-refractivity contribution in [3.63, 3.8) is 0 Å². The molecule has 1 amide bonds. The van der Waals surface area contributed by atoms with Gasteiger partial charge >= 0.3 is 0 Å². The Kier molecular flexibility index (Phi) is 2.53. The van der Waals surface area contributed by atoms with Crippen molar-refractivity contribution in [1.29, 1.82) is 0 Å². The second kappa shape index (κ2) is 4.33. The van der Waals surface area contributed by atoms with Crippen LogP contribution >= 0.6 is 0 Å². The summed E-state index contributed by atoms with van der Waals surface area (Å²) in [5, 5.41) is 3.83. The zero-order valence-corrected chi connectivity index (χ0v) is 9.55. The van der Waals surface area contributed by atoms with Gasteiger partial charge in [-0.05, 0) is 24.3 Å². The number of pyridine rings is 1. The fourth-order valence-electron chi connectivity index (χ4n) is 1.83. The first-order valence-corrected chi connectivity index (χ1v) is 5.62. The van der Waals surface area contributed by atoms with Gasteiger partial charge < -0.3 is 10.3 Å². The van der Waals surface area contributed by atoms with Gasteiger partial charge in [-0.15, -0.1) is 0 Å². The van der Waals surface area contributed by atoms with Gasteiger partial charge in [-0.25, -0.2) is 0 Å². The van der Waals surface area contributed by atoms with Crippen LogP contribution in [-0.2, 0) is 0 Å². The largest absolute Gasteiger partial charge is 0.351 e. The lowest BCUT2D eigenvalue weighted by Gasteiger charge is -2.01. The Morgan fingerprint density at radius 1 is 1.11 bits per heavy atom. The monoisotopic (exact) mass is 237 g/mol. The number of H-pyrrole nitrogens is 1. The summed E-state index contributed by atoms with van der Waals surface area (Å²) < 4.78 is 0. The lowest BCUT2D eigenvalue weighted by molar-refractivity contribution is 0.102. The predicted molar refractivity (Wildman–Crippen MR) is 70.5 cm³/mol. The van der Waals surface area contributed by atoms with Gasteiger partial charge in [0.2, 0.25) is 0 Å². The minimum atomic E-state index is -0.155. The smallest absolute Gasteiger partial charge is 0.272 e. The maximum atomic E-state index is 12.0. The molecule has 3 rings (SSSR count). The Morgan fingerprint density at radius 3 is 2.67 bits per heavy atom. The van der Waals surface area contributed by atoms with Crippen molar-refractivity contribution < 1.29 is 4.79 Å². The highest BCUT2D eigenvalue weighted by atomic mass is 16.1. The number of para-hydroxylation sites is 1. The van der Waals surface area contributed by atoms with Crippen molar-refractivity contribution in [2.24, 2.45) is 0 Å². The lowest BCUT2D eigenvalue weighted by atomic mass is 10.2. The molecule has 1 aromatic carbocycles. The molecule has 2 N–H and O–H groups in total. The van der Waals surface area contributed by atoms with Crippen LogP contribution in [0.25, 0.3) is 10.9 Å². The number of aromatic nitrogens is 2. The molecule has 0 fully saturated rings. The van der Waals surface area contributed by atoms with E-state index in [1.54, 1.807) is 24.5 Å². The maximum Gasteiger partial charge on any atom is 0.272 e. The standard InChI is InChI=1S/C14H11N3O/c18-14(16-11-5-7-15-8-6-11)13-9-10-3-1-2-4-12(10)17-13/h1-9,17H,(H,15,16,18). The number of amides is 1. The number of hydrogen-bond donors (Lipinski definition) is 2. The number of benzene rings is 1. The molecule has 0 saturated heterocycles. The molecular weight excluding hydrogens is 226 g/mol. The van der Waals surface area contributed by atoms with Gasteiger partial charge in [0.1, 0.15) is 5.69 Å². The summed E-state index contributed by atoms with van der Waals surface area (Å²) in [7, 11) is 0. The molecule has 0 saturated carbocycles. The number of anilines is 1. The Morgan fingerprint density at radius 2 is 1.89 bits per heavy atom. The van der Waals surface area contributed by atoms with Crippen molar-refractivity contribution in [1.82, 2.24) is 9.97 Å². The van der Waals surface area contributed by atoms with Crippen LogP contribution in [0.4, 0.5) is 5.69 Å². The Labute approximate surface area is 104 Å². The minimum absolute atomic E-state index is 0.155. The van der Waals surface area contributed by atoms with Gasteiger partial charge in [-0.1, -0.05) is 18.2 Å². The van der Waals surface area contributed by atoms with Crippen LogP contribution in [0.15, 0.2) is 54.9 Å². The van der Waals surface area contributed by atoms with Gasteiger partial charge in [0.15, 0.2) is 0 Å². The number of hydrogen-bond acceptors (Lipinski definition) is 2. The average Bonchev–Trinajstić information content (AvgIpc) is 2.84. The van der Waals surface area contributed by atoms with Crippen LogP contribution in [0.3, 0.4) is 0 Å². The first-order valence-electron chi connectivity index (χ1n) is 5.62. The number of nitrogens with one attached hydrogen (secondary N) is 2. The van der Waals surface area contributed by atoms with Crippen molar-refractivity contribution >= 4 is 22.5 Å². The first kappa shape index (κ1) is 10.5. The molecule has 88 valence electrons. The third-order valence-corrected chi connectivity index (χ3v) is 2.71. The lowest BCUT2D eigenvalue weighted by Crippen LogP contribution is -2.12. The topological polar surface area (TPSA) is 57.8 Å². The van der Waals surface area contributed by atoms with E-state index in [1.807, 2.05) is 30.3 Å². The van der Waals surface area contributed by atoms with E-state index in [4.69, 9.17) is 0 Å². The van der Waals surface area contributed by atoms with Gasteiger partial charge in [0, 0.05) is 29.0 Å². The molecule has 2 heterocycles. The predicted octanol–water partition coefficient (Wildman–Crippen LogP) is 2.82. The van der Waals surface area contributed by atoms with E-state index in [1.165, 1.54) is 0 Å². The third kappa shape index (κ3) is 1.96. The van der Waals surface area contributed by atoms with E-state index in [0.717, 1.165) is 16.6 Å². The molecule has 2 aromatic heterocycles. The molecule has 4 heteroatoms. The molecule has 0 atom stereocenters. The number of fused-ring (bicyclic) bond motifs is 1. The highest BCUT2D eigenvalue weighted by Crippen LogP contribution is 2.15. The number of nitrogens with zero attached hydrogens (tertiary/aromatic N) is 1. The summed E-state index contributed by atoms with van der Waals surface area (Å²) >= 11 is 0. The van der Waals surface area contributed by atoms with E-state index < -0.39 is 0 Å². The molecule has 0 aliphatic carbocycles. The summed E-state index contributed by atoms with van der Waals surface area (Å²) in [5.74, 6) is -0.155. The quantitative estimate of drug-likeness (QED) is 0.720. The van der Waals surface area contributed by atoms with Crippen molar-refractivity contribution in [3.05, 3.63) is 60.6 Å². The van der Waals surface area contributed by atoms with E-state index >= 15 is 0 Å². The van der Waals surface area contributed by atoms with Gasteiger partial charge in [0.05, 0.1) is 0 Å². The van der Waals surface area contributed by atoms with Crippen molar-refractivity contribution in [2.75, 3.05) is 5.32 Å². The second-order valence-electron chi connectivity index (χ2n) is 3.96. The molecule has 3 aromatic rings. The molecule has 0 aliphatic rings. The maximum absolute atomic E-state index is 12.0. The van der Waals surface area contributed by atoms with E-state index in [0.29, 0.717) is 5.69 Å². The molecule has 0 bridgehead atoms. The van der Waals surface area contributed by atoms with Crippen LogP contribution in [0, 0.1) is 0 Å². The SMILES string of the molecule is O=C(Nc1ccncc1)c1cc2ccccc2[nH]1. The number of aromatic amines is 1. The van der Waals surface area contributed by atoms with Crippen LogP contribution in [-0.4, -0.2) is 15.9 Å². The van der Waals surface area contributed by atoms with Gasteiger partial charge in [0.25, 0.3) is 5.91 Å². The molecular formula is C14H11N3O. The number of carbonyl (C=O) groups is 1. The molecule has 0 spiro atoms. The fourth-order valence-corrected chi connectivity index (χ4v) is 1.83. The highest BCUT2D eigenvalue weighted by Gasteiger charge is 2.09. The Hall–Kier alpha value is -2.62. The molecule has 0 aliphatic heterocycles. The molecule has 0 radical (unpaired) electrons. The van der Waals surface area contributed by atoms with Crippen LogP contribution in [0.2, 0.25) is 0 Å². The first-order chi connectivity index (χ1) is 8.83. The van der Waals surface area contributed by atoms with Crippen molar-refractivity contribution in [2.45, 2.75) is 0 Å². The molecule has 4 nitrogen and oxygen atoms in total. The van der Waals surface area contributed by atoms with E-state index in [9.17, 15) is 4.79 Å². The number of carbonyl (C=O) groups excluding carboxylic acids is 1. The third-order valence-electron chi connectivity index (χ3n) is 2.71. The summed E-state index contributed by atoms with van der Waals surface area (Å²) in [6.45, 7) is 0. The average molecular weight is 237 g/mol.